The number of nitrogens with zero attached hydrogens (tertiary/aromatic N) is 3. The minimum Gasteiger partial charge on any atom is -0.340 e. The van der Waals surface area contributed by atoms with E-state index in [1.54, 1.807) is 12.3 Å². The number of benzene rings is 1. The molecule has 0 amide bonds. The van der Waals surface area contributed by atoms with Crippen molar-refractivity contribution < 1.29 is 12.8 Å². The van der Waals surface area contributed by atoms with Crippen LogP contribution in [0.15, 0.2) is 30.7 Å². The molecule has 10 heteroatoms. The Balaban J connectivity index is 1.88. The van der Waals surface area contributed by atoms with Gasteiger partial charge in [0.15, 0.2) is 5.82 Å². The molecule has 4 rings (SSSR count). The van der Waals surface area contributed by atoms with Crippen molar-refractivity contribution in [3.05, 3.63) is 47.4 Å². The van der Waals surface area contributed by atoms with Gasteiger partial charge in [0.1, 0.15) is 17.8 Å². The van der Waals surface area contributed by atoms with E-state index in [1.807, 2.05) is 0 Å². The zero-order chi connectivity index (χ0) is 19.9. The molecule has 0 spiro atoms. The van der Waals surface area contributed by atoms with Gasteiger partial charge in [-0.25, -0.2) is 27.8 Å². The smallest absolute Gasteiger partial charge is 0.232 e. The summed E-state index contributed by atoms with van der Waals surface area (Å²) in [5, 5.41) is 0.190. The highest BCUT2D eigenvalue weighted by Crippen LogP contribution is 2.42. The lowest BCUT2D eigenvalue weighted by Gasteiger charge is -2.11. The van der Waals surface area contributed by atoms with Gasteiger partial charge in [0.25, 0.3) is 0 Å². The number of hydrogen-bond acceptors (Lipinski definition) is 5. The van der Waals surface area contributed by atoms with Crippen molar-refractivity contribution in [3.8, 4) is 22.6 Å². The van der Waals surface area contributed by atoms with Crippen LogP contribution in [0.2, 0.25) is 5.02 Å². The van der Waals surface area contributed by atoms with Crippen LogP contribution in [-0.2, 0) is 10.0 Å². The number of imidazole rings is 1. The van der Waals surface area contributed by atoms with Crippen LogP contribution >= 0.6 is 11.6 Å². The van der Waals surface area contributed by atoms with Crippen LogP contribution in [0.5, 0.6) is 0 Å². The van der Waals surface area contributed by atoms with E-state index in [-0.39, 0.29) is 22.0 Å². The SMILES string of the molecule is CCS(=O)(=O)Nc1cc(Cl)cc(-c2nc(C3CC3)[nH]c2-c2ccncn2)c1F. The van der Waals surface area contributed by atoms with Gasteiger partial charge in [-0.3, -0.25) is 4.72 Å². The Bertz CT molecular complexity index is 1130. The van der Waals surface area contributed by atoms with E-state index in [2.05, 4.69) is 24.7 Å². The van der Waals surface area contributed by atoms with E-state index in [9.17, 15) is 8.42 Å². The highest BCUT2D eigenvalue weighted by atomic mass is 35.5. The van der Waals surface area contributed by atoms with E-state index < -0.39 is 15.8 Å². The van der Waals surface area contributed by atoms with Crippen LogP contribution in [0.25, 0.3) is 22.6 Å². The van der Waals surface area contributed by atoms with Gasteiger partial charge in [0, 0.05) is 22.7 Å². The van der Waals surface area contributed by atoms with Crippen molar-refractivity contribution in [2.75, 3.05) is 10.5 Å². The summed E-state index contributed by atoms with van der Waals surface area (Å²) in [6, 6.07) is 4.36. The summed E-state index contributed by atoms with van der Waals surface area (Å²) in [5.41, 5.74) is 1.30. The molecule has 28 heavy (non-hydrogen) atoms. The number of halogens is 2. The molecule has 2 aromatic heterocycles. The first-order valence-corrected chi connectivity index (χ1v) is 10.8. The molecule has 0 radical (unpaired) electrons. The zero-order valence-electron chi connectivity index (χ0n) is 14.9. The van der Waals surface area contributed by atoms with Crippen molar-refractivity contribution in [1.29, 1.82) is 0 Å². The molecule has 1 aliphatic carbocycles. The summed E-state index contributed by atoms with van der Waals surface area (Å²) >= 11 is 6.16. The Morgan fingerprint density at radius 2 is 2.14 bits per heavy atom. The number of nitrogens with one attached hydrogen (secondary N) is 2. The summed E-state index contributed by atoms with van der Waals surface area (Å²) in [6.07, 6.45) is 5.00. The summed E-state index contributed by atoms with van der Waals surface area (Å²) in [4.78, 5) is 16.0. The third kappa shape index (κ3) is 3.72. The second-order valence-corrected chi connectivity index (χ2v) is 8.98. The maximum Gasteiger partial charge on any atom is 0.232 e. The van der Waals surface area contributed by atoms with E-state index in [4.69, 9.17) is 11.6 Å². The molecule has 2 N–H and O–H groups in total. The minimum atomic E-state index is -3.67. The Morgan fingerprint density at radius 1 is 1.36 bits per heavy atom. The monoisotopic (exact) mass is 421 g/mol. The molecule has 0 bridgehead atoms. The molecule has 1 fully saturated rings. The maximum absolute atomic E-state index is 15.3. The predicted octanol–water partition coefficient (Wildman–Crippen LogP) is 3.97. The average Bonchev–Trinajstić information content (AvgIpc) is 3.44. The van der Waals surface area contributed by atoms with Gasteiger partial charge in [0.2, 0.25) is 10.0 Å². The van der Waals surface area contributed by atoms with Crippen LogP contribution < -0.4 is 4.72 Å². The van der Waals surface area contributed by atoms with Crippen LogP contribution in [-0.4, -0.2) is 34.1 Å². The van der Waals surface area contributed by atoms with Crippen LogP contribution in [0.4, 0.5) is 10.1 Å². The number of sulfonamides is 1. The lowest BCUT2D eigenvalue weighted by Crippen LogP contribution is -2.15. The first-order valence-electron chi connectivity index (χ1n) is 8.74. The minimum absolute atomic E-state index is 0.0954. The van der Waals surface area contributed by atoms with Gasteiger partial charge in [-0.15, -0.1) is 0 Å². The molecule has 0 saturated heterocycles. The number of aromatic amines is 1. The lowest BCUT2D eigenvalue weighted by molar-refractivity contribution is 0.600. The Morgan fingerprint density at radius 3 is 2.79 bits per heavy atom. The standard InChI is InChI=1S/C18H17ClFN5O2S/c1-2-28(26,27)25-14-8-11(19)7-12(15(14)20)16-17(13-5-6-21-9-22-13)24-18(23-16)10-3-4-10/h5-10,25H,2-4H2,1H3,(H,23,24). The molecule has 0 aliphatic heterocycles. The fraction of sp³-hybridized carbons (Fsp3) is 0.278. The highest BCUT2D eigenvalue weighted by Gasteiger charge is 2.30. The molecule has 0 atom stereocenters. The van der Waals surface area contributed by atoms with Crippen molar-refractivity contribution in [2.24, 2.45) is 0 Å². The summed E-state index contributed by atoms with van der Waals surface area (Å²) < 4.78 is 41.3. The topological polar surface area (TPSA) is 101 Å². The predicted molar refractivity (Wildman–Crippen MR) is 105 cm³/mol. The maximum atomic E-state index is 15.3. The van der Waals surface area contributed by atoms with E-state index in [1.165, 1.54) is 25.4 Å². The molecule has 1 aromatic carbocycles. The van der Waals surface area contributed by atoms with E-state index >= 15 is 4.39 Å². The zero-order valence-corrected chi connectivity index (χ0v) is 16.5. The second kappa shape index (κ2) is 7.14. The first kappa shape index (κ1) is 18.8. The van der Waals surface area contributed by atoms with Crippen LogP contribution in [0, 0.1) is 5.82 Å². The molecular weight excluding hydrogens is 405 g/mol. The van der Waals surface area contributed by atoms with E-state index in [0.29, 0.717) is 23.0 Å². The number of H-pyrrole nitrogens is 1. The third-order valence-corrected chi connectivity index (χ3v) is 5.97. The van der Waals surface area contributed by atoms with Crippen LogP contribution in [0.3, 0.4) is 0 Å². The Kier molecular flexibility index (Phi) is 4.80. The van der Waals surface area contributed by atoms with Crippen molar-refractivity contribution >= 4 is 27.3 Å². The molecule has 3 aromatic rings. The lowest BCUT2D eigenvalue weighted by atomic mass is 10.1. The normalized spacial score (nSPS) is 14.2. The molecule has 0 unspecified atom stereocenters. The highest BCUT2D eigenvalue weighted by molar-refractivity contribution is 7.92. The van der Waals surface area contributed by atoms with Crippen molar-refractivity contribution in [3.63, 3.8) is 0 Å². The number of aromatic nitrogens is 4. The van der Waals surface area contributed by atoms with Gasteiger partial charge >= 0.3 is 0 Å². The summed E-state index contributed by atoms with van der Waals surface area (Å²) in [6.45, 7) is 1.47. The van der Waals surface area contributed by atoms with Gasteiger partial charge < -0.3 is 4.98 Å². The molecule has 146 valence electrons. The molecule has 2 heterocycles. The fourth-order valence-corrected chi connectivity index (χ4v) is 3.68. The Labute approximate surface area is 166 Å². The number of anilines is 1. The first-order chi connectivity index (χ1) is 13.4. The fourth-order valence-electron chi connectivity index (χ4n) is 2.84. The average molecular weight is 422 g/mol. The largest absolute Gasteiger partial charge is 0.340 e. The van der Waals surface area contributed by atoms with Crippen molar-refractivity contribution in [2.45, 2.75) is 25.7 Å². The molecular formula is C18H17ClFN5O2S. The Hall–Kier alpha value is -2.52. The number of hydrogen-bond donors (Lipinski definition) is 2. The number of rotatable bonds is 6. The van der Waals surface area contributed by atoms with Crippen LogP contribution in [0.1, 0.15) is 31.5 Å². The van der Waals surface area contributed by atoms with Gasteiger partial charge in [-0.2, -0.15) is 0 Å². The molecule has 7 nitrogen and oxygen atoms in total. The van der Waals surface area contributed by atoms with Gasteiger partial charge in [-0.1, -0.05) is 11.6 Å². The third-order valence-electron chi connectivity index (χ3n) is 4.46. The molecule has 1 aliphatic rings. The second-order valence-electron chi connectivity index (χ2n) is 6.53. The van der Waals surface area contributed by atoms with Crippen molar-refractivity contribution in [1.82, 2.24) is 19.9 Å². The quantitative estimate of drug-likeness (QED) is 0.627. The van der Waals surface area contributed by atoms with Gasteiger partial charge in [0.05, 0.1) is 22.8 Å². The van der Waals surface area contributed by atoms with Gasteiger partial charge in [-0.05, 0) is 38.0 Å². The summed E-state index contributed by atoms with van der Waals surface area (Å²) in [5.74, 6) is 0.119. The summed E-state index contributed by atoms with van der Waals surface area (Å²) in [7, 11) is -3.67. The molecule has 1 saturated carbocycles. The van der Waals surface area contributed by atoms with E-state index in [0.717, 1.165) is 18.7 Å².